The third-order valence-electron chi connectivity index (χ3n) is 3.11. The molecule has 5 nitrogen and oxygen atoms in total. The molecule has 2 N–H and O–H groups in total. The first-order valence-corrected chi connectivity index (χ1v) is 7.26. The van der Waals surface area contributed by atoms with Crippen LogP contribution < -0.4 is 5.73 Å². The number of unbranched alkanes of at least 4 members (excludes halogenated alkanes) is 1. The second-order valence-corrected chi connectivity index (χ2v) is 5.82. The molecule has 20 heavy (non-hydrogen) atoms. The standard InChI is InChI=1S/C14H20ClN5/c1-10(2)5-3-4-6-20-14(17-18-19-20)11-7-12(15)9-13(16)8-11/h7-10H,3-6,16H2,1-2H3. The predicted octanol–water partition coefficient (Wildman–Crippen LogP) is 3.40. The molecule has 0 aliphatic rings. The molecule has 1 aromatic carbocycles. The van der Waals surface area contributed by atoms with Gasteiger partial charge in [0.15, 0.2) is 5.82 Å². The summed E-state index contributed by atoms with van der Waals surface area (Å²) in [7, 11) is 0. The smallest absolute Gasteiger partial charge is 0.182 e. The largest absolute Gasteiger partial charge is 0.399 e. The zero-order chi connectivity index (χ0) is 14.5. The number of anilines is 1. The molecule has 0 saturated heterocycles. The van der Waals surface area contributed by atoms with Crippen LogP contribution >= 0.6 is 11.6 Å². The molecule has 0 amide bonds. The normalized spacial score (nSPS) is 11.2. The van der Waals surface area contributed by atoms with Crippen LogP contribution in [-0.2, 0) is 6.54 Å². The maximum absolute atomic E-state index is 6.02. The molecule has 1 aromatic heterocycles. The number of benzene rings is 1. The Bertz CT molecular complexity index is 544. The molecule has 2 aromatic rings. The van der Waals surface area contributed by atoms with Gasteiger partial charge >= 0.3 is 0 Å². The maximum Gasteiger partial charge on any atom is 0.182 e. The number of nitrogens with two attached hydrogens (primary N) is 1. The van der Waals surface area contributed by atoms with Gasteiger partial charge in [0.05, 0.1) is 0 Å². The molecule has 0 atom stereocenters. The van der Waals surface area contributed by atoms with Gasteiger partial charge in [0.2, 0.25) is 0 Å². The van der Waals surface area contributed by atoms with E-state index in [1.165, 1.54) is 12.8 Å². The average Bonchev–Trinajstić information content (AvgIpc) is 2.81. The van der Waals surface area contributed by atoms with Gasteiger partial charge in [-0.2, -0.15) is 0 Å². The fourth-order valence-electron chi connectivity index (χ4n) is 2.12. The van der Waals surface area contributed by atoms with Gasteiger partial charge in [-0.05, 0) is 41.0 Å². The van der Waals surface area contributed by atoms with Crippen LogP contribution in [-0.4, -0.2) is 20.2 Å². The van der Waals surface area contributed by atoms with Crippen molar-refractivity contribution >= 4 is 17.3 Å². The molecule has 0 unspecified atom stereocenters. The summed E-state index contributed by atoms with van der Waals surface area (Å²) in [5, 5.41) is 12.5. The van der Waals surface area contributed by atoms with Gasteiger partial charge in [0.1, 0.15) is 0 Å². The van der Waals surface area contributed by atoms with Crippen molar-refractivity contribution in [1.29, 1.82) is 0 Å². The Balaban J connectivity index is 2.08. The van der Waals surface area contributed by atoms with Crippen molar-refractivity contribution in [3.63, 3.8) is 0 Å². The zero-order valence-electron chi connectivity index (χ0n) is 11.9. The number of nitrogen functional groups attached to an aromatic ring is 1. The van der Waals surface area contributed by atoms with E-state index in [1.54, 1.807) is 6.07 Å². The van der Waals surface area contributed by atoms with Crippen molar-refractivity contribution in [1.82, 2.24) is 20.2 Å². The van der Waals surface area contributed by atoms with Crippen LogP contribution in [0.2, 0.25) is 5.02 Å². The molecule has 6 heteroatoms. The van der Waals surface area contributed by atoms with Gasteiger partial charge in [-0.3, -0.25) is 0 Å². The summed E-state index contributed by atoms with van der Waals surface area (Å²) in [6.07, 6.45) is 3.46. The lowest BCUT2D eigenvalue weighted by Gasteiger charge is -2.07. The highest BCUT2D eigenvalue weighted by Crippen LogP contribution is 2.24. The fraction of sp³-hybridized carbons (Fsp3) is 0.500. The van der Waals surface area contributed by atoms with Crippen molar-refractivity contribution in [2.24, 2.45) is 5.92 Å². The van der Waals surface area contributed by atoms with E-state index in [0.29, 0.717) is 16.5 Å². The van der Waals surface area contributed by atoms with E-state index in [1.807, 2.05) is 16.8 Å². The minimum Gasteiger partial charge on any atom is -0.399 e. The van der Waals surface area contributed by atoms with Gasteiger partial charge in [-0.25, -0.2) is 4.68 Å². The van der Waals surface area contributed by atoms with Gasteiger partial charge in [-0.15, -0.1) is 5.10 Å². The molecule has 0 fully saturated rings. The Kier molecular flexibility index (Phi) is 4.95. The van der Waals surface area contributed by atoms with Crippen molar-refractivity contribution in [3.8, 4) is 11.4 Å². The average molecular weight is 294 g/mol. The highest BCUT2D eigenvalue weighted by atomic mass is 35.5. The van der Waals surface area contributed by atoms with E-state index in [9.17, 15) is 0 Å². The quantitative estimate of drug-likeness (QED) is 0.654. The SMILES string of the molecule is CC(C)CCCCn1nnnc1-c1cc(N)cc(Cl)c1. The van der Waals surface area contributed by atoms with Crippen LogP contribution in [0.4, 0.5) is 5.69 Å². The summed E-state index contributed by atoms with van der Waals surface area (Å²) < 4.78 is 1.81. The molecule has 0 bridgehead atoms. The number of tetrazole rings is 1. The molecule has 0 aliphatic carbocycles. The molecule has 0 aliphatic heterocycles. The molecule has 0 saturated carbocycles. The fourth-order valence-corrected chi connectivity index (χ4v) is 2.36. The van der Waals surface area contributed by atoms with Crippen LogP contribution in [0.15, 0.2) is 18.2 Å². The number of aryl methyl sites for hydroxylation is 1. The molecule has 108 valence electrons. The predicted molar refractivity (Wildman–Crippen MR) is 81.4 cm³/mol. The monoisotopic (exact) mass is 293 g/mol. The highest BCUT2D eigenvalue weighted by Gasteiger charge is 2.10. The van der Waals surface area contributed by atoms with Gasteiger partial charge < -0.3 is 5.73 Å². The van der Waals surface area contributed by atoms with Gasteiger partial charge in [0.25, 0.3) is 0 Å². The van der Waals surface area contributed by atoms with E-state index in [0.717, 1.165) is 24.4 Å². The molecular weight excluding hydrogens is 274 g/mol. The summed E-state index contributed by atoms with van der Waals surface area (Å²) >= 11 is 6.02. The van der Waals surface area contributed by atoms with Crippen molar-refractivity contribution < 1.29 is 0 Å². The van der Waals surface area contributed by atoms with Crippen molar-refractivity contribution in [3.05, 3.63) is 23.2 Å². The van der Waals surface area contributed by atoms with E-state index in [4.69, 9.17) is 17.3 Å². The van der Waals surface area contributed by atoms with Crippen LogP contribution in [0.25, 0.3) is 11.4 Å². The van der Waals surface area contributed by atoms with Crippen LogP contribution in [0.1, 0.15) is 33.1 Å². The van der Waals surface area contributed by atoms with E-state index < -0.39 is 0 Å². The van der Waals surface area contributed by atoms with Crippen molar-refractivity contribution in [2.75, 3.05) is 5.73 Å². The minimum absolute atomic E-state index is 0.592. The van der Waals surface area contributed by atoms with E-state index in [2.05, 4.69) is 29.4 Å². The van der Waals surface area contributed by atoms with Crippen LogP contribution in [0.3, 0.4) is 0 Å². The van der Waals surface area contributed by atoms with E-state index in [-0.39, 0.29) is 0 Å². The third kappa shape index (κ3) is 3.93. The topological polar surface area (TPSA) is 69.6 Å². The Morgan fingerprint density at radius 1 is 1.25 bits per heavy atom. The molecule has 0 spiro atoms. The molecule has 1 heterocycles. The first kappa shape index (κ1) is 14.8. The summed E-state index contributed by atoms with van der Waals surface area (Å²) in [6.45, 7) is 5.27. The zero-order valence-corrected chi connectivity index (χ0v) is 12.6. The Morgan fingerprint density at radius 3 is 2.75 bits per heavy atom. The Labute approximate surface area is 124 Å². The van der Waals surface area contributed by atoms with Crippen LogP contribution in [0, 0.1) is 5.92 Å². The minimum atomic E-state index is 0.592. The molecule has 0 radical (unpaired) electrons. The molecule has 2 rings (SSSR count). The summed E-state index contributed by atoms with van der Waals surface area (Å²) in [5.41, 5.74) is 7.27. The number of hydrogen-bond acceptors (Lipinski definition) is 4. The number of hydrogen-bond donors (Lipinski definition) is 1. The summed E-state index contributed by atoms with van der Waals surface area (Å²) in [6, 6.07) is 5.37. The van der Waals surface area contributed by atoms with E-state index >= 15 is 0 Å². The Morgan fingerprint density at radius 2 is 2.05 bits per heavy atom. The summed E-state index contributed by atoms with van der Waals surface area (Å²) in [4.78, 5) is 0. The molecular formula is C14H20ClN5. The van der Waals surface area contributed by atoms with Gasteiger partial charge in [-0.1, -0.05) is 38.3 Å². The first-order valence-electron chi connectivity index (χ1n) is 6.89. The van der Waals surface area contributed by atoms with Crippen molar-refractivity contribution in [2.45, 2.75) is 39.7 Å². The first-order chi connectivity index (χ1) is 9.56. The second-order valence-electron chi connectivity index (χ2n) is 5.39. The Hall–Kier alpha value is -1.62. The lowest BCUT2D eigenvalue weighted by molar-refractivity contribution is 0.487. The highest BCUT2D eigenvalue weighted by molar-refractivity contribution is 6.31. The number of halogens is 1. The third-order valence-corrected chi connectivity index (χ3v) is 3.33. The maximum atomic E-state index is 6.02. The van der Waals surface area contributed by atoms with Crippen LogP contribution in [0.5, 0.6) is 0 Å². The second kappa shape index (κ2) is 6.70. The number of aromatic nitrogens is 4. The summed E-state index contributed by atoms with van der Waals surface area (Å²) in [5.74, 6) is 1.44. The lowest BCUT2D eigenvalue weighted by atomic mass is 10.1. The number of rotatable bonds is 6. The lowest BCUT2D eigenvalue weighted by Crippen LogP contribution is -2.04. The number of nitrogens with zero attached hydrogens (tertiary/aromatic N) is 4. The van der Waals surface area contributed by atoms with Gasteiger partial charge in [0, 0.05) is 22.8 Å².